The Bertz CT molecular complexity index is 642. The van der Waals surface area contributed by atoms with Crippen LogP contribution in [-0.2, 0) is 7.05 Å². The summed E-state index contributed by atoms with van der Waals surface area (Å²) in [5.41, 5.74) is 1.07. The van der Waals surface area contributed by atoms with Crippen molar-refractivity contribution in [1.29, 1.82) is 0 Å². The maximum Gasteiger partial charge on any atom is 0.335 e. The average Bonchev–Trinajstić information content (AvgIpc) is 3.07. The molecular formula is C15H17N3O2. The molecule has 3 rings (SSSR count). The molecule has 5 nitrogen and oxygen atoms in total. The minimum absolute atomic E-state index is 0.271. The third-order valence-electron chi connectivity index (χ3n) is 3.87. The molecular weight excluding hydrogens is 254 g/mol. The van der Waals surface area contributed by atoms with Crippen LogP contribution in [0.4, 0.5) is 0 Å². The zero-order valence-corrected chi connectivity index (χ0v) is 11.4. The van der Waals surface area contributed by atoms with Gasteiger partial charge >= 0.3 is 5.97 Å². The van der Waals surface area contributed by atoms with E-state index in [1.165, 1.54) is 12.8 Å². The summed E-state index contributed by atoms with van der Waals surface area (Å²) in [6, 6.07) is 6.84. The van der Waals surface area contributed by atoms with Gasteiger partial charge in [-0.2, -0.15) is 5.10 Å². The zero-order valence-electron chi connectivity index (χ0n) is 11.4. The van der Waals surface area contributed by atoms with Crippen LogP contribution in [0, 0.1) is 0 Å². The molecule has 1 fully saturated rings. The second kappa shape index (κ2) is 5.07. The summed E-state index contributed by atoms with van der Waals surface area (Å²) in [6.45, 7) is 0. The Labute approximate surface area is 117 Å². The number of benzene rings is 1. The minimum atomic E-state index is -0.926. The zero-order chi connectivity index (χ0) is 14.1. The summed E-state index contributed by atoms with van der Waals surface area (Å²) < 4.78 is 1.74. The van der Waals surface area contributed by atoms with Crippen LogP contribution < -0.4 is 0 Å². The van der Waals surface area contributed by atoms with Gasteiger partial charge in [0.15, 0.2) is 11.6 Å². The van der Waals surface area contributed by atoms with Crippen LogP contribution in [0.25, 0.3) is 11.4 Å². The first-order valence-corrected chi connectivity index (χ1v) is 6.90. The van der Waals surface area contributed by atoms with E-state index in [0.717, 1.165) is 30.1 Å². The summed E-state index contributed by atoms with van der Waals surface area (Å²) in [7, 11) is 1.86. The minimum Gasteiger partial charge on any atom is -0.478 e. The fourth-order valence-corrected chi connectivity index (χ4v) is 2.80. The Hall–Kier alpha value is -2.17. The van der Waals surface area contributed by atoms with Crippen molar-refractivity contribution in [3.63, 3.8) is 0 Å². The molecule has 0 saturated heterocycles. The van der Waals surface area contributed by atoms with E-state index >= 15 is 0 Å². The monoisotopic (exact) mass is 271 g/mol. The number of nitrogens with zero attached hydrogens (tertiary/aromatic N) is 3. The summed E-state index contributed by atoms with van der Waals surface area (Å²) in [4.78, 5) is 15.7. The molecule has 104 valence electrons. The highest BCUT2D eigenvalue weighted by atomic mass is 16.4. The average molecular weight is 271 g/mol. The third kappa shape index (κ3) is 2.31. The first kappa shape index (κ1) is 12.8. The van der Waals surface area contributed by atoms with E-state index in [2.05, 4.69) is 10.1 Å². The maximum absolute atomic E-state index is 11.0. The number of carboxylic acid groups (broad SMARTS) is 1. The molecule has 2 aromatic rings. The van der Waals surface area contributed by atoms with E-state index in [1.807, 2.05) is 13.1 Å². The summed E-state index contributed by atoms with van der Waals surface area (Å²) >= 11 is 0. The van der Waals surface area contributed by atoms with Crippen molar-refractivity contribution in [3.05, 3.63) is 35.7 Å². The van der Waals surface area contributed by atoms with Gasteiger partial charge in [0.25, 0.3) is 0 Å². The van der Waals surface area contributed by atoms with Gasteiger partial charge in [0, 0.05) is 18.5 Å². The molecule has 1 aromatic heterocycles. The molecule has 1 heterocycles. The van der Waals surface area contributed by atoms with Crippen molar-refractivity contribution >= 4 is 5.97 Å². The van der Waals surface area contributed by atoms with Crippen LogP contribution in [0.5, 0.6) is 0 Å². The largest absolute Gasteiger partial charge is 0.478 e. The lowest BCUT2D eigenvalue weighted by Crippen LogP contribution is -1.99. The Balaban J connectivity index is 1.97. The highest BCUT2D eigenvalue weighted by Gasteiger charge is 2.22. The van der Waals surface area contributed by atoms with Crippen LogP contribution in [0.3, 0.4) is 0 Å². The topological polar surface area (TPSA) is 68.0 Å². The van der Waals surface area contributed by atoms with Gasteiger partial charge in [0.1, 0.15) is 0 Å². The van der Waals surface area contributed by atoms with E-state index in [4.69, 9.17) is 5.11 Å². The van der Waals surface area contributed by atoms with Crippen molar-refractivity contribution in [1.82, 2.24) is 14.8 Å². The van der Waals surface area contributed by atoms with Crippen LogP contribution in [0.1, 0.15) is 47.8 Å². The SMILES string of the molecule is Cn1nc(C2CCCC2)nc1-c1cccc(C(=O)O)c1. The standard InChI is InChI=1S/C15H17N3O2/c1-18-14(11-7-4-8-12(9-11)15(19)20)16-13(17-18)10-5-2-3-6-10/h4,7-10H,2-3,5-6H2,1H3,(H,19,20). The third-order valence-corrected chi connectivity index (χ3v) is 3.87. The smallest absolute Gasteiger partial charge is 0.335 e. The fraction of sp³-hybridized carbons (Fsp3) is 0.400. The van der Waals surface area contributed by atoms with E-state index < -0.39 is 5.97 Å². The highest BCUT2D eigenvalue weighted by molar-refractivity contribution is 5.89. The quantitative estimate of drug-likeness (QED) is 0.932. The first-order valence-electron chi connectivity index (χ1n) is 6.90. The molecule has 1 aliphatic rings. The van der Waals surface area contributed by atoms with Crippen molar-refractivity contribution in [3.8, 4) is 11.4 Å². The van der Waals surface area contributed by atoms with E-state index in [9.17, 15) is 4.79 Å². The molecule has 0 atom stereocenters. The van der Waals surface area contributed by atoms with Gasteiger partial charge in [-0.1, -0.05) is 25.0 Å². The normalized spacial score (nSPS) is 15.7. The van der Waals surface area contributed by atoms with Gasteiger partial charge < -0.3 is 5.11 Å². The molecule has 0 bridgehead atoms. The molecule has 5 heteroatoms. The molecule has 1 aromatic carbocycles. The van der Waals surface area contributed by atoms with Crippen LogP contribution in [-0.4, -0.2) is 25.8 Å². The van der Waals surface area contributed by atoms with Gasteiger partial charge in [-0.15, -0.1) is 0 Å². The number of aromatic carboxylic acids is 1. The molecule has 1 N–H and O–H groups in total. The molecule has 20 heavy (non-hydrogen) atoms. The van der Waals surface area contributed by atoms with Gasteiger partial charge in [-0.25, -0.2) is 14.5 Å². The highest BCUT2D eigenvalue weighted by Crippen LogP contribution is 2.33. The molecule has 0 spiro atoms. The molecule has 1 aliphatic carbocycles. The lowest BCUT2D eigenvalue weighted by atomic mass is 10.1. The van der Waals surface area contributed by atoms with Gasteiger partial charge in [0.05, 0.1) is 5.56 Å². The van der Waals surface area contributed by atoms with Crippen LogP contribution in [0.2, 0.25) is 0 Å². The van der Waals surface area contributed by atoms with E-state index in [-0.39, 0.29) is 5.56 Å². The van der Waals surface area contributed by atoms with Crippen molar-refractivity contribution < 1.29 is 9.90 Å². The summed E-state index contributed by atoms with van der Waals surface area (Å²) in [6.07, 6.45) is 4.79. The Morgan fingerprint density at radius 2 is 2.10 bits per heavy atom. The maximum atomic E-state index is 11.0. The van der Waals surface area contributed by atoms with Crippen LogP contribution >= 0.6 is 0 Å². The number of hydrogen-bond acceptors (Lipinski definition) is 3. The molecule has 0 aliphatic heterocycles. The lowest BCUT2D eigenvalue weighted by molar-refractivity contribution is 0.0697. The summed E-state index contributed by atoms with van der Waals surface area (Å²) in [5.74, 6) is 1.15. The molecule has 1 saturated carbocycles. The van der Waals surface area contributed by atoms with Gasteiger partial charge in [-0.05, 0) is 25.0 Å². The first-order chi connectivity index (χ1) is 9.65. The molecule has 0 radical (unpaired) electrons. The molecule has 0 unspecified atom stereocenters. The van der Waals surface area contributed by atoms with Gasteiger partial charge in [-0.3, -0.25) is 0 Å². The Morgan fingerprint density at radius 1 is 1.35 bits per heavy atom. The molecule has 0 amide bonds. The second-order valence-electron chi connectivity index (χ2n) is 5.28. The van der Waals surface area contributed by atoms with E-state index in [0.29, 0.717) is 5.92 Å². The van der Waals surface area contributed by atoms with Crippen molar-refractivity contribution in [2.45, 2.75) is 31.6 Å². The Kier molecular flexibility index (Phi) is 3.26. The van der Waals surface area contributed by atoms with Crippen molar-refractivity contribution in [2.24, 2.45) is 7.05 Å². The lowest BCUT2D eigenvalue weighted by Gasteiger charge is -2.01. The number of aryl methyl sites for hydroxylation is 1. The second-order valence-corrected chi connectivity index (χ2v) is 5.28. The van der Waals surface area contributed by atoms with E-state index in [1.54, 1.807) is 22.9 Å². The summed E-state index contributed by atoms with van der Waals surface area (Å²) in [5, 5.41) is 13.6. The fourth-order valence-electron chi connectivity index (χ4n) is 2.80. The van der Waals surface area contributed by atoms with Gasteiger partial charge in [0.2, 0.25) is 0 Å². The predicted molar refractivity (Wildman–Crippen MR) is 74.6 cm³/mol. The number of rotatable bonds is 3. The number of aromatic nitrogens is 3. The number of hydrogen-bond donors (Lipinski definition) is 1. The Morgan fingerprint density at radius 3 is 2.80 bits per heavy atom. The van der Waals surface area contributed by atoms with Crippen molar-refractivity contribution in [2.75, 3.05) is 0 Å². The predicted octanol–water partition coefficient (Wildman–Crippen LogP) is 2.84. The van der Waals surface area contributed by atoms with Crippen LogP contribution in [0.15, 0.2) is 24.3 Å². The number of carboxylic acids is 1. The number of carbonyl (C=O) groups is 1.